The molecule has 0 unspecified atom stereocenters. The Labute approximate surface area is 244 Å². The second-order valence-electron chi connectivity index (χ2n) is 11.8. The molecule has 11 heteroatoms. The highest BCUT2D eigenvalue weighted by Crippen LogP contribution is 2.30. The normalized spacial score (nSPS) is 16.8. The standard InChI is InChI=1S/C31H37F3N8/c1-19(2)17-42-20(3)36-30-24(33)14-22(15-27(30)42)29-25(34)16-35-31(39-29)38-28-5-4-21-18-41(12-8-26(21)37-28)23-6-10-40(11-7-23)13-9-32/h4-5,14-16,19,23H,6-13,17-18H2,1-3H3,(H,35,37,38,39). The molecular weight excluding hydrogens is 541 g/mol. The number of hydrogen-bond acceptors (Lipinski definition) is 7. The molecule has 222 valence electrons. The number of nitrogens with one attached hydrogen (secondary N) is 1. The predicted molar refractivity (Wildman–Crippen MR) is 157 cm³/mol. The van der Waals surface area contributed by atoms with Crippen molar-refractivity contribution in [3.8, 4) is 11.3 Å². The van der Waals surface area contributed by atoms with E-state index in [2.05, 4.69) is 50.0 Å². The molecule has 0 amide bonds. The molecule has 0 atom stereocenters. The van der Waals surface area contributed by atoms with E-state index in [1.165, 1.54) is 11.6 Å². The maximum atomic E-state index is 15.1. The zero-order valence-electron chi connectivity index (χ0n) is 24.4. The summed E-state index contributed by atoms with van der Waals surface area (Å²) < 4.78 is 44.7. The Morgan fingerprint density at radius 1 is 1.02 bits per heavy atom. The van der Waals surface area contributed by atoms with E-state index in [4.69, 9.17) is 4.98 Å². The van der Waals surface area contributed by atoms with Gasteiger partial charge < -0.3 is 14.8 Å². The molecule has 5 heterocycles. The zero-order valence-corrected chi connectivity index (χ0v) is 24.4. The highest BCUT2D eigenvalue weighted by atomic mass is 19.1. The lowest BCUT2D eigenvalue weighted by molar-refractivity contribution is 0.0945. The van der Waals surface area contributed by atoms with Crippen LogP contribution in [0.4, 0.5) is 24.9 Å². The molecule has 0 aliphatic carbocycles. The Morgan fingerprint density at radius 2 is 1.83 bits per heavy atom. The Morgan fingerprint density at radius 3 is 2.60 bits per heavy atom. The lowest BCUT2D eigenvalue weighted by atomic mass is 9.98. The van der Waals surface area contributed by atoms with Crippen molar-refractivity contribution in [2.24, 2.45) is 5.92 Å². The van der Waals surface area contributed by atoms with Crippen LogP contribution in [0.5, 0.6) is 0 Å². The monoisotopic (exact) mass is 578 g/mol. The second kappa shape index (κ2) is 12.0. The molecule has 0 spiro atoms. The fraction of sp³-hybridized carbons (Fsp3) is 0.484. The van der Waals surface area contributed by atoms with Gasteiger partial charge in [-0.3, -0.25) is 4.90 Å². The Bertz CT molecular complexity index is 1580. The quantitative estimate of drug-likeness (QED) is 0.289. The van der Waals surface area contributed by atoms with Gasteiger partial charge in [-0.15, -0.1) is 0 Å². The minimum absolute atomic E-state index is 0.00872. The fourth-order valence-electron chi connectivity index (χ4n) is 6.22. The molecule has 0 bridgehead atoms. The van der Waals surface area contributed by atoms with Crippen molar-refractivity contribution in [1.82, 2.24) is 34.3 Å². The SMILES string of the molecule is Cc1nc2c(F)cc(-c3nc(Nc4ccc5c(n4)CCN(C4CCN(CCF)CC4)C5)ncc3F)cc2n1CC(C)C. The average molecular weight is 579 g/mol. The summed E-state index contributed by atoms with van der Waals surface area (Å²) in [5, 5.41) is 3.12. The number of rotatable bonds is 8. The average Bonchev–Trinajstić information content (AvgIpc) is 3.29. The number of likely N-dealkylation sites (tertiary alicyclic amines) is 1. The first-order valence-corrected chi connectivity index (χ1v) is 14.8. The van der Waals surface area contributed by atoms with E-state index in [0.717, 1.165) is 57.3 Å². The summed E-state index contributed by atoms with van der Waals surface area (Å²) in [5.74, 6) is 0.644. The van der Waals surface area contributed by atoms with Gasteiger partial charge in [0.1, 0.15) is 29.5 Å². The summed E-state index contributed by atoms with van der Waals surface area (Å²) in [6.45, 7) is 10.6. The predicted octanol–water partition coefficient (Wildman–Crippen LogP) is 5.67. The molecular formula is C31H37F3N8. The number of hydrogen-bond donors (Lipinski definition) is 1. The van der Waals surface area contributed by atoms with Crippen molar-refractivity contribution < 1.29 is 13.2 Å². The van der Waals surface area contributed by atoms with Gasteiger partial charge in [-0.05, 0) is 62.5 Å². The molecule has 0 saturated carbocycles. The van der Waals surface area contributed by atoms with Gasteiger partial charge in [0.05, 0.1) is 11.7 Å². The summed E-state index contributed by atoms with van der Waals surface area (Å²) in [5.41, 5.74) is 3.42. The molecule has 1 saturated heterocycles. The summed E-state index contributed by atoms with van der Waals surface area (Å²) in [4.78, 5) is 22.5. The number of imidazole rings is 1. The van der Waals surface area contributed by atoms with Gasteiger partial charge in [0, 0.05) is 49.9 Å². The van der Waals surface area contributed by atoms with Gasteiger partial charge >= 0.3 is 0 Å². The molecule has 2 aliphatic rings. The van der Waals surface area contributed by atoms with Crippen LogP contribution < -0.4 is 5.32 Å². The number of anilines is 2. The number of aryl methyl sites for hydroxylation is 1. The summed E-state index contributed by atoms with van der Waals surface area (Å²) >= 11 is 0. The van der Waals surface area contributed by atoms with Gasteiger partial charge in [-0.2, -0.15) is 0 Å². The molecule has 3 aromatic heterocycles. The number of nitrogens with zero attached hydrogens (tertiary/aromatic N) is 7. The van der Waals surface area contributed by atoms with Gasteiger partial charge in [-0.1, -0.05) is 19.9 Å². The molecule has 0 radical (unpaired) electrons. The molecule has 1 fully saturated rings. The highest BCUT2D eigenvalue weighted by molar-refractivity contribution is 5.83. The van der Waals surface area contributed by atoms with Gasteiger partial charge in [0.2, 0.25) is 5.95 Å². The Kier molecular flexibility index (Phi) is 8.13. The van der Waals surface area contributed by atoms with Crippen LogP contribution in [-0.2, 0) is 19.5 Å². The van der Waals surface area contributed by atoms with Crippen LogP contribution in [0.1, 0.15) is 43.8 Å². The van der Waals surface area contributed by atoms with Crippen LogP contribution >= 0.6 is 0 Å². The Balaban J connectivity index is 1.19. The van der Waals surface area contributed by atoms with Crippen molar-refractivity contribution in [2.75, 3.05) is 38.2 Å². The molecule has 6 rings (SSSR count). The van der Waals surface area contributed by atoms with Gasteiger partial charge in [0.15, 0.2) is 11.6 Å². The maximum absolute atomic E-state index is 15.1. The van der Waals surface area contributed by atoms with Crippen LogP contribution in [-0.4, -0.2) is 73.2 Å². The van der Waals surface area contributed by atoms with Crippen LogP contribution in [0.3, 0.4) is 0 Å². The fourth-order valence-corrected chi connectivity index (χ4v) is 6.22. The first kappa shape index (κ1) is 28.5. The maximum Gasteiger partial charge on any atom is 0.229 e. The summed E-state index contributed by atoms with van der Waals surface area (Å²) in [6.07, 6.45) is 4.04. The van der Waals surface area contributed by atoms with E-state index in [1.807, 2.05) is 17.6 Å². The summed E-state index contributed by atoms with van der Waals surface area (Å²) in [7, 11) is 0. The number of alkyl halides is 1. The number of piperidine rings is 1. The van der Waals surface area contributed by atoms with Crippen LogP contribution in [0, 0.1) is 24.5 Å². The third kappa shape index (κ3) is 5.85. The molecule has 2 aliphatic heterocycles. The Hall–Kier alpha value is -3.57. The second-order valence-corrected chi connectivity index (χ2v) is 11.8. The third-order valence-corrected chi connectivity index (χ3v) is 8.36. The van der Waals surface area contributed by atoms with Crippen molar-refractivity contribution >= 4 is 22.8 Å². The van der Waals surface area contributed by atoms with E-state index in [0.29, 0.717) is 47.8 Å². The van der Waals surface area contributed by atoms with E-state index < -0.39 is 11.6 Å². The van der Waals surface area contributed by atoms with Crippen molar-refractivity contribution in [1.29, 1.82) is 0 Å². The first-order valence-electron chi connectivity index (χ1n) is 14.8. The van der Waals surface area contributed by atoms with Gasteiger partial charge in [-0.25, -0.2) is 33.1 Å². The van der Waals surface area contributed by atoms with Gasteiger partial charge in [0.25, 0.3) is 0 Å². The van der Waals surface area contributed by atoms with Crippen LogP contribution in [0.25, 0.3) is 22.3 Å². The highest BCUT2D eigenvalue weighted by Gasteiger charge is 2.28. The largest absolute Gasteiger partial charge is 0.328 e. The van der Waals surface area contributed by atoms with Crippen molar-refractivity contribution in [2.45, 2.75) is 59.2 Å². The smallest absolute Gasteiger partial charge is 0.229 e. The number of halogens is 3. The zero-order chi connectivity index (χ0) is 29.4. The molecule has 4 aromatic rings. The van der Waals surface area contributed by atoms with E-state index in [1.54, 1.807) is 6.07 Å². The minimum atomic E-state index is -0.639. The lowest BCUT2D eigenvalue weighted by Gasteiger charge is -2.40. The van der Waals surface area contributed by atoms with Crippen LogP contribution in [0.15, 0.2) is 30.5 Å². The number of fused-ring (bicyclic) bond motifs is 2. The molecule has 1 N–H and O–H groups in total. The number of aromatic nitrogens is 5. The topological polar surface area (TPSA) is 75.0 Å². The lowest BCUT2D eigenvalue weighted by Crippen LogP contribution is -2.47. The minimum Gasteiger partial charge on any atom is -0.328 e. The van der Waals surface area contributed by atoms with Crippen molar-refractivity contribution in [3.05, 3.63) is 59.2 Å². The van der Waals surface area contributed by atoms with E-state index in [-0.39, 0.29) is 23.8 Å². The number of benzene rings is 1. The number of pyridine rings is 1. The molecule has 42 heavy (non-hydrogen) atoms. The van der Waals surface area contributed by atoms with E-state index >= 15 is 4.39 Å². The third-order valence-electron chi connectivity index (χ3n) is 8.36. The van der Waals surface area contributed by atoms with Crippen molar-refractivity contribution in [3.63, 3.8) is 0 Å². The first-order chi connectivity index (χ1) is 20.3. The van der Waals surface area contributed by atoms with E-state index in [9.17, 15) is 8.78 Å². The summed E-state index contributed by atoms with van der Waals surface area (Å²) in [6, 6.07) is 7.48. The van der Waals surface area contributed by atoms with Crippen LogP contribution in [0.2, 0.25) is 0 Å². The molecule has 8 nitrogen and oxygen atoms in total. The molecule has 1 aromatic carbocycles.